The molecule has 4 nitrogen and oxygen atoms in total. The molecule has 0 radical (unpaired) electrons. The maximum absolute atomic E-state index is 12.0. The number of carbonyl (C=O) groups excluding carboxylic acids is 2. The van der Waals surface area contributed by atoms with Crippen molar-refractivity contribution in [1.29, 1.82) is 0 Å². The summed E-state index contributed by atoms with van der Waals surface area (Å²) in [7, 11) is 0. The van der Waals surface area contributed by atoms with Crippen molar-refractivity contribution in [2.45, 2.75) is 32.1 Å². The number of hydrogen-bond acceptors (Lipinski definition) is 2. The Kier molecular flexibility index (Phi) is 5.49. The number of fused-ring (bicyclic) bond motifs is 1. The third-order valence-corrected chi connectivity index (χ3v) is 4.75. The Morgan fingerprint density at radius 2 is 1.80 bits per heavy atom. The first-order valence-corrected chi connectivity index (χ1v) is 8.83. The van der Waals surface area contributed by atoms with E-state index < -0.39 is 0 Å². The van der Waals surface area contributed by atoms with E-state index in [0.717, 1.165) is 18.5 Å². The van der Waals surface area contributed by atoms with Crippen LogP contribution < -0.4 is 10.2 Å². The standard InChI is InChI=1S/C21H24N2O2/c1-16(24)23-15-18(19-9-5-6-10-20(19)23)13-14-22-21(25)12-11-17-7-3-2-4-8-17/h2-10,18H,11-15H2,1H3,(H,22,25). The van der Waals surface area contributed by atoms with E-state index in [4.69, 9.17) is 0 Å². The number of nitrogens with one attached hydrogen (secondary N) is 1. The highest BCUT2D eigenvalue weighted by molar-refractivity contribution is 5.94. The lowest BCUT2D eigenvalue weighted by molar-refractivity contribution is -0.121. The Balaban J connectivity index is 1.48. The summed E-state index contributed by atoms with van der Waals surface area (Å²) < 4.78 is 0. The van der Waals surface area contributed by atoms with Gasteiger partial charge >= 0.3 is 0 Å². The minimum Gasteiger partial charge on any atom is -0.356 e. The first kappa shape index (κ1) is 17.2. The van der Waals surface area contributed by atoms with E-state index in [1.165, 1.54) is 11.1 Å². The number of carbonyl (C=O) groups is 2. The Morgan fingerprint density at radius 1 is 1.08 bits per heavy atom. The Labute approximate surface area is 148 Å². The van der Waals surface area contributed by atoms with Gasteiger partial charge in [-0.1, -0.05) is 48.5 Å². The molecule has 1 unspecified atom stereocenters. The molecule has 0 bridgehead atoms. The molecule has 1 atom stereocenters. The molecule has 1 heterocycles. The molecule has 0 fully saturated rings. The van der Waals surface area contributed by atoms with Crippen LogP contribution in [0.2, 0.25) is 0 Å². The zero-order valence-corrected chi connectivity index (χ0v) is 14.6. The van der Waals surface area contributed by atoms with E-state index in [0.29, 0.717) is 19.5 Å². The molecule has 1 N–H and O–H groups in total. The highest BCUT2D eigenvalue weighted by atomic mass is 16.2. The van der Waals surface area contributed by atoms with Gasteiger partial charge in [0.2, 0.25) is 11.8 Å². The number of rotatable bonds is 6. The van der Waals surface area contributed by atoms with Crippen molar-refractivity contribution in [3.8, 4) is 0 Å². The lowest BCUT2D eigenvalue weighted by Gasteiger charge is -2.15. The number of aryl methyl sites for hydroxylation is 1. The van der Waals surface area contributed by atoms with Gasteiger partial charge in [0.25, 0.3) is 0 Å². The van der Waals surface area contributed by atoms with Crippen LogP contribution in [0.15, 0.2) is 54.6 Å². The quantitative estimate of drug-likeness (QED) is 0.880. The van der Waals surface area contributed by atoms with E-state index in [-0.39, 0.29) is 17.7 Å². The number of para-hydroxylation sites is 1. The van der Waals surface area contributed by atoms with Crippen LogP contribution in [-0.2, 0) is 16.0 Å². The normalized spacial score (nSPS) is 15.7. The van der Waals surface area contributed by atoms with Gasteiger partial charge in [-0.3, -0.25) is 9.59 Å². The molecule has 4 heteroatoms. The van der Waals surface area contributed by atoms with Gasteiger partial charge in [0.15, 0.2) is 0 Å². The molecule has 0 saturated heterocycles. The summed E-state index contributed by atoms with van der Waals surface area (Å²) in [6.45, 7) is 2.94. The topological polar surface area (TPSA) is 49.4 Å². The molecule has 0 aliphatic carbocycles. The second kappa shape index (κ2) is 7.97. The smallest absolute Gasteiger partial charge is 0.223 e. The van der Waals surface area contributed by atoms with Crippen molar-refractivity contribution in [2.24, 2.45) is 0 Å². The van der Waals surface area contributed by atoms with Crippen LogP contribution in [-0.4, -0.2) is 24.9 Å². The third kappa shape index (κ3) is 4.27. The first-order chi connectivity index (χ1) is 12.1. The number of anilines is 1. The van der Waals surface area contributed by atoms with Crippen molar-refractivity contribution in [3.05, 3.63) is 65.7 Å². The Hall–Kier alpha value is -2.62. The van der Waals surface area contributed by atoms with Crippen LogP contribution in [0.1, 0.15) is 36.8 Å². The number of nitrogens with zero attached hydrogens (tertiary/aromatic N) is 1. The SMILES string of the molecule is CC(=O)N1CC(CCNC(=O)CCc2ccccc2)c2ccccc21. The Bertz CT molecular complexity index is 743. The van der Waals surface area contributed by atoms with Crippen LogP contribution in [0.4, 0.5) is 5.69 Å². The molecular formula is C21H24N2O2. The molecule has 0 saturated carbocycles. The van der Waals surface area contributed by atoms with Crippen LogP contribution in [0.3, 0.4) is 0 Å². The maximum atomic E-state index is 12.0. The second-order valence-corrected chi connectivity index (χ2v) is 6.51. The van der Waals surface area contributed by atoms with E-state index in [1.807, 2.05) is 53.4 Å². The fourth-order valence-corrected chi connectivity index (χ4v) is 3.42. The molecule has 2 aromatic rings. The highest BCUT2D eigenvalue weighted by Crippen LogP contribution is 2.37. The minimum absolute atomic E-state index is 0.0712. The average Bonchev–Trinajstić information content (AvgIpc) is 3.00. The largest absolute Gasteiger partial charge is 0.356 e. The number of hydrogen-bond donors (Lipinski definition) is 1. The third-order valence-electron chi connectivity index (χ3n) is 4.75. The fourth-order valence-electron chi connectivity index (χ4n) is 3.42. The summed E-state index contributed by atoms with van der Waals surface area (Å²) in [5, 5.41) is 3.01. The van der Waals surface area contributed by atoms with Gasteiger partial charge in [-0.15, -0.1) is 0 Å². The van der Waals surface area contributed by atoms with Crippen LogP contribution in [0.5, 0.6) is 0 Å². The van der Waals surface area contributed by atoms with E-state index >= 15 is 0 Å². The van der Waals surface area contributed by atoms with Crippen molar-refractivity contribution in [3.63, 3.8) is 0 Å². The predicted molar refractivity (Wildman–Crippen MR) is 99.6 cm³/mol. The molecule has 2 amide bonds. The van der Waals surface area contributed by atoms with Gasteiger partial charge in [0.1, 0.15) is 0 Å². The zero-order valence-electron chi connectivity index (χ0n) is 14.6. The molecule has 0 spiro atoms. The first-order valence-electron chi connectivity index (χ1n) is 8.83. The summed E-state index contributed by atoms with van der Waals surface area (Å²) in [5.41, 5.74) is 3.39. The maximum Gasteiger partial charge on any atom is 0.223 e. The van der Waals surface area contributed by atoms with Gasteiger partial charge < -0.3 is 10.2 Å². The van der Waals surface area contributed by atoms with Crippen LogP contribution >= 0.6 is 0 Å². The van der Waals surface area contributed by atoms with E-state index in [9.17, 15) is 9.59 Å². The summed E-state index contributed by atoms with van der Waals surface area (Å²) in [4.78, 5) is 25.7. The van der Waals surface area contributed by atoms with Crippen molar-refractivity contribution in [2.75, 3.05) is 18.0 Å². The fraction of sp³-hybridized carbons (Fsp3) is 0.333. The summed E-state index contributed by atoms with van der Waals surface area (Å²) in [5.74, 6) is 0.440. The van der Waals surface area contributed by atoms with Crippen LogP contribution in [0.25, 0.3) is 0 Å². The minimum atomic E-state index is 0.0712. The second-order valence-electron chi connectivity index (χ2n) is 6.51. The number of amides is 2. The highest BCUT2D eigenvalue weighted by Gasteiger charge is 2.29. The molecule has 1 aliphatic rings. The molecule has 130 valence electrons. The van der Waals surface area contributed by atoms with Crippen LogP contribution in [0, 0.1) is 0 Å². The van der Waals surface area contributed by atoms with E-state index in [1.54, 1.807) is 6.92 Å². The Morgan fingerprint density at radius 3 is 2.56 bits per heavy atom. The predicted octanol–water partition coefficient (Wildman–Crippen LogP) is 3.28. The monoisotopic (exact) mass is 336 g/mol. The average molecular weight is 336 g/mol. The lowest BCUT2D eigenvalue weighted by atomic mass is 9.98. The molecule has 0 aromatic heterocycles. The molecule has 3 rings (SSSR count). The summed E-state index contributed by atoms with van der Waals surface area (Å²) >= 11 is 0. The lowest BCUT2D eigenvalue weighted by Crippen LogP contribution is -2.29. The molecular weight excluding hydrogens is 312 g/mol. The zero-order chi connectivity index (χ0) is 17.6. The van der Waals surface area contributed by atoms with Crippen molar-refractivity contribution < 1.29 is 9.59 Å². The van der Waals surface area contributed by atoms with Gasteiger partial charge in [0, 0.05) is 38.0 Å². The van der Waals surface area contributed by atoms with Crippen molar-refractivity contribution >= 4 is 17.5 Å². The summed E-state index contributed by atoms with van der Waals surface area (Å²) in [6, 6.07) is 18.1. The van der Waals surface area contributed by atoms with Gasteiger partial charge in [0.05, 0.1) is 0 Å². The van der Waals surface area contributed by atoms with Gasteiger partial charge in [-0.25, -0.2) is 0 Å². The van der Waals surface area contributed by atoms with Gasteiger partial charge in [-0.05, 0) is 30.0 Å². The van der Waals surface area contributed by atoms with Crippen molar-refractivity contribution in [1.82, 2.24) is 5.32 Å². The number of benzene rings is 2. The molecule has 1 aliphatic heterocycles. The molecule has 2 aromatic carbocycles. The van der Waals surface area contributed by atoms with E-state index in [2.05, 4.69) is 11.4 Å². The molecule has 25 heavy (non-hydrogen) atoms. The van der Waals surface area contributed by atoms with Gasteiger partial charge in [-0.2, -0.15) is 0 Å². The summed E-state index contributed by atoms with van der Waals surface area (Å²) in [6.07, 6.45) is 2.11.